The first kappa shape index (κ1) is 49.4. The Kier molecular flexibility index (Phi) is 15.6. The summed E-state index contributed by atoms with van der Waals surface area (Å²) in [6.07, 6.45) is 3.47. The molecule has 4 N–H and O–H groups in total. The third-order valence-electron chi connectivity index (χ3n) is 10.0. The molecule has 0 unspecified atom stereocenters. The second-order valence-electron chi connectivity index (χ2n) is 14.0. The average molecular weight is 1200 g/mol. The largest absolute Gasteiger partial charge is 0.407 e. The molecule has 0 aliphatic carbocycles. The molecule has 7 aromatic heterocycles. The SMILES string of the molecule is Nc1ccc2ncsc2c1Br.[C-]#[N+]c1c(-c2c(Br)cnn2C)ccc2ncsc12.[C-]#[N+]c1c(-c2ccnn2C)ccc2ncsc12.[C-]#[N+]c1c(Br)ccc2ncsc12.[C-]#[N+]c1c(N)ccc2ncsc12. The van der Waals surface area contributed by atoms with E-state index in [0.717, 1.165) is 92.7 Å². The highest BCUT2D eigenvalue weighted by atomic mass is 79.9. The maximum absolute atomic E-state index is 7.41. The van der Waals surface area contributed by atoms with Gasteiger partial charge in [0.05, 0.1) is 131 Å². The smallest absolute Gasteiger partial charge is 0.228 e. The van der Waals surface area contributed by atoms with E-state index in [2.05, 4.69) is 102 Å². The number of nitrogens with zero attached hydrogens (tertiary/aromatic N) is 13. The molecule has 0 spiro atoms. The van der Waals surface area contributed by atoms with Gasteiger partial charge >= 0.3 is 0 Å². The van der Waals surface area contributed by atoms with Gasteiger partial charge in [0.1, 0.15) is 0 Å². The van der Waals surface area contributed by atoms with E-state index < -0.39 is 0 Å². The van der Waals surface area contributed by atoms with Gasteiger partial charge in [-0.3, -0.25) is 9.36 Å². The number of aromatic nitrogens is 9. The highest BCUT2D eigenvalue weighted by Crippen LogP contribution is 2.42. The van der Waals surface area contributed by atoms with Crippen molar-refractivity contribution in [2.45, 2.75) is 0 Å². The molecule has 23 heteroatoms. The molecule has 342 valence electrons. The van der Waals surface area contributed by atoms with Crippen LogP contribution in [-0.4, -0.2) is 44.5 Å². The number of aryl methyl sites for hydroxylation is 2. The Balaban J connectivity index is 0.000000119. The summed E-state index contributed by atoms with van der Waals surface area (Å²) < 4.78 is 11.0. The molecule has 0 aliphatic heterocycles. The van der Waals surface area contributed by atoms with Crippen molar-refractivity contribution in [3.05, 3.63) is 166 Å². The lowest BCUT2D eigenvalue weighted by molar-refractivity contribution is 0.776. The van der Waals surface area contributed by atoms with Crippen molar-refractivity contribution in [3.63, 3.8) is 0 Å². The molecule has 0 fully saturated rings. The minimum Gasteiger partial charge on any atom is -0.407 e. The molecule has 0 saturated heterocycles. The fourth-order valence-electron chi connectivity index (χ4n) is 6.75. The minimum absolute atomic E-state index is 0.523. The number of thiazole rings is 5. The van der Waals surface area contributed by atoms with E-state index in [4.69, 9.17) is 37.8 Å². The lowest BCUT2D eigenvalue weighted by Gasteiger charge is -2.06. The van der Waals surface area contributed by atoms with E-state index in [0.29, 0.717) is 28.4 Å². The lowest BCUT2D eigenvalue weighted by atomic mass is 10.1. The first-order chi connectivity index (χ1) is 34.0. The zero-order chi connectivity index (χ0) is 49.5. The molecule has 0 amide bonds. The zero-order valence-corrected chi connectivity index (χ0v) is 44.9. The number of rotatable bonds is 2. The van der Waals surface area contributed by atoms with Crippen LogP contribution in [0.15, 0.2) is 120 Å². The van der Waals surface area contributed by atoms with Crippen LogP contribution in [0.5, 0.6) is 0 Å². The third-order valence-corrected chi connectivity index (χ3v) is 16.6. The Morgan fingerprint density at radius 2 is 0.886 bits per heavy atom. The highest BCUT2D eigenvalue weighted by molar-refractivity contribution is 9.11. The normalized spacial score (nSPS) is 10.4. The number of hydrogen-bond acceptors (Lipinski definition) is 14. The van der Waals surface area contributed by atoms with Crippen LogP contribution in [0.2, 0.25) is 0 Å². The van der Waals surface area contributed by atoms with Gasteiger partial charge in [-0.25, -0.2) is 44.3 Å². The summed E-state index contributed by atoms with van der Waals surface area (Å²) in [5.74, 6) is 0. The van der Waals surface area contributed by atoms with Crippen molar-refractivity contribution >= 4 is 190 Å². The molecule has 70 heavy (non-hydrogen) atoms. The van der Waals surface area contributed by atoms with Gasteiger partial charge in [0.15, 0.2) is 0 Å². The monoisotopic (exact) mass is 1200 g/mol. The Morgan fingerprint density at radius 1 is 0.457 bits per heavy atom. The summed E-state index contributed by atoms with van der Waals surface area (Å²) in [5, 5.41) is 8.33. The summed E-state index contributed by atoms with van der Waals surface area (Å²) in [5.41, 5.74) is 32.1. The summed E-state index contributed by atoms with van der Waals surface area (Å²) in [4.78, 5) is 34.9. The van der Waals surface area contributed by atoms with Crippen LogP contribution in [0.3, 0.4) is 0 Å². The predicted octanol–water partition coefficient (Wildman–Crippen LogP) is 15.9. The Bertz CT molecular complexity index is 3930. The quantitative estimate of drug-likeness (QED) is 0.126. The standard InChI is InChI=1S/C12H7BrN4S.C12H8N4S.C8H3BrN2S.C8H5N3S.C7H5BrN2S/c1-14-10-7(11-8(13)5-16-17(11)2)3-4-9-12(10)18-6-15-9;1-13-11-8(10-5-6-15-16(10)2)3-4-9-12(11)17-7-14-9;2*1-10-7-5(9)2-3-6-8(7)12-4-11-6;8-6-4(9)1-2-5-7(6)11-3-10-5/h3-6H,2H3;3-7H,2H3;2-4H;2-4H,9H2;1-3H,9H2. The molecule has 5 aromatic carbocycles. The zero-order valence-electron chi connectivity index (χ0n) is 36.0. The van der Waals surface area contributed by atoms with Crippen molar-refractivity contribution in [2.75, 3.05) is 11.5 Å². The molecule has 12 rings (SSSR count). The number of hydrogen-bond donors (Lipinski definition) is 2. The average Bonchev–Trinajstić information content (AvgIpc) is 4.24. The van der Waals surface area contributed by atoms with E-state index in [1.165, 1.54) is 45.3 Å². The van der Waals surface area contributed by atoms with Gasteiger partial charge < -0.3 is 11.5 Å². The highest BCUT2D eigenvalue weighted by Gasteiger charge is 2.17. The molecular formula is C47H28Br3N15S5. The van der Waals surface area contributed by atoms with E-state index in [1.54, 1.807) is 61.2 Å². The fourth-order valence-corrected chi connectivity index (χ4v) is 12.3. The number of nitrogens with two attached hydrogens (primary N) is 2. The van der Waals surface area contributed by atoms with E-state index in [9.17, 15) is 0 Å². The topological polar surface area (TPSA) is 170 Å². The Morgan fingerprint density at radius 3 is 1.37 bits per heavy atom. The molecule has 15 nitrogen and oxygen atoms in total. The van der Waals surface area contributed by atoms with E-state index in [-0.39, 0.29) is 0 Å². The number of nitrogen functional groups attached to an aromatic ring is 2. The van der Waals surface area contributed by atoms with Gasteiger partial charge in [0, 0.05) is 47.3 Å². The van der Waals surface area contributed by atoms with Crippen molar-refractivity contribution in [2.24, 2.45) is 14.1 Å². The Labute approximate surface area is 444 Å². The Hall–Kier alpha value is -7.03. The van der Waals surface area contributed by atoms with Gasteiger partial charge in [0.25, 0.3) is 0 Å². The van der Waals surface area contributed by atoms with Crippen LogP contribution >= 0.6 is 104 Å². The first-order valence-corrected chi connectivity index (χ1v) is 26.5. The summed E-state index contributed by atoms with van der Waals surface area (Å²) in [6.45, 7) is 28.7. The lowest BCUT2D eigenvalue weighted by Crippen LogP contribution is -1.93. The molecule has 0 atom stereocenters. The van der Waals surface area contributed by atoms with Crippen molar-refractivity contribution in [1.82, 2.24) is 44.5 Å². The van der Waals surface area contributed by atoms with Crippen molar-refractivity contribution < 1.29 is 0 Å². The maximum Gasteiger partial charge on any atom is 0.228 e. The fraction of sp³-hybridized carbons (Fsp3) is 0.0426. The molecular weight excluding hydrogens is 1170 g/mol. The van der Waals surface area contributed by atoms with Crippen LogP contribution in [0.1, 0.15) is 0 Å². The molecule has 12 aromatic rings. The van der Waals surface area contributed by atoms with Gasteiger partial charge in [-0.15, -0.1) is 56.7 Å². The van der Waals surface area contributed by atoms with Crippen molar-refractivity contribution in [1.29, 1.82) is 0 Å². The second-order valence-corrected chi connectivity index (χ2v) is 20.8. The van der Waals surface area contributed by atoms with Gasteiger partial charge in [-0.1, -0.05) is 34.1 Å². The first-order valence-electron chi connectivity index (χ1n) is 19.8. The summed E-state index contributed by atoms with van der Waals surface area (Å²) in [6, 6.07) is 20.8. The maximum atomic E-state index is 7.41. The van der Waals surface area contributed by atoms with Gasteiger partial charge in [-0.05, 0) is 80.4 Å². The summed E-state index contributed by atoms with van der Waals surface area (Å²) >= 11 is 17.7. The van der Waals surface area contributed by atoms with E-state index in [1.807, 2.05) is 80.3 Å². The van der Waals surface area contributed by atoms with Crippen LogP contribution in [0, 0.1) is 26.3 Å². The number of anilines is 2. The molecule has 0 bridgehead atoms. The number of fused-ring (bicyclic) bond motifs is 5. The van der Waals surface area contributed by atoms with Crippen LogP contribution in [0.4, 0.5) is 34.1 Å². The molecule has 0 radical (unpaired) electrons. The second kappa shape index (κ2) is 22.2. The molecule has 0 saturated carbocycles. The van der Waals surface area contributed by atoms with Crippen molar-refractivity contribution in [3.8, 4) is 22.5 Å². The molecule has 7 heterocycles. The van der Waals surface area contributed by atoms with Crippen LogP contribution in [0.25, 0.3) is 93.0 Å². The van der Waals surface area contributed by atoms with E-state index >= 15 is 0 Å². The number of benzene rings is 5. The van der Waals surface area contributed by atoms with Gasteiger partial charge in [0.2, 0.25) is 22.7 Å². The van der Waals surface area contributed by atoms with Crippen LogP contribution < -0.4 is 11.5 Å². The third kappa shape index (κ3) is 10.2. The van der Waals surface area contributed by atoms with Gasteiger partial charge in [-0.2, -0.15) is 10.2 Å². The number of halogens is 3. The van der Waals surface area contributed by atoms with Crippen LogP contribution in [-0.2, 0) is 14.1 Å². The molecule has 0 aliphatic rings. The minimum atomic E-state index is 0.523. The predicted molar refractivity (Wildman–Crippen MR) is 299 cm³/mol. The summed E-state index contributed by atoms with van der Waals surface area (Å²) in [7, 11) is 3.74.